The second-order valence-corrected chi connectivity index (χ2v) is 2.96. The number of hydrogen-bond acceptors (Lipinski definition) is 1. The molecule has 0 aliphatic carbocycles. The van der Waals surface area contributed by atoms with Gasteiger partial charge in [0.05, 0.1) is 0 Å². The van der Waals surface area contributed by atoms with E-state index in [0.29, 0.717) is 12.8 Å². The molecular formula is C8H15F3N2O. The van der Waals surface area contributed by atoms with Crippen molar-refractivity contribution < 1.29 is 18.0 Å². The predicted molar refractivity (Wildman–Crippen MR) is 47.0 cm³/mol. The molecule has 0 saturated carbocycles. The zero-order valence-corrected chi connectivity index (χ0v) is 8.24. The minimum Gasteiger partial charge on any atom is -0.335 e. The van der Waals surface area contributed by atoms with Gasteiger partial charge >= 0.3 is 12.2 Å². The van der Waals surface area contributed by atoms with Gasteiger partial charge in [-0.25, -0.2) is 4.79 Å². The smallest absolute Gasteiger partial charge is 0.335 e. The first-order valence-corrected chi connectivity index (χ1v) is 4.50. The number of urea groups is 1. The molecule has 6 heteroatoms. The molecule has 0 aromatic carbocycles. The predicted octanol–water partition coefficient (Wildman–Crippen LogP) is 2.04. The molecule has 0 bridgehead atoms. The lowest BCUT2D eigenvalue weighted by Crippen LogP contribution is -2.44. The van der Waals surface area contributed by atoms with Crippen molar-refractivity contribution in [1.82, 2.24) is 10.6 Å². The standard InChI is InChI=1S/C8H15F3N2O/c1-3-6(4-2)13-7(14)12-5-8(9,10)11/h6H,3-5H2,1-2H3,(H2,12,13,14). The minimum atomic E-state index is -4.36. The summed E-state index contributed by atoms with van der Waals surface area (Å²) in [5.41, 5.74) is 0. The Labute approximate surface area is 81.1 Å². The molecule has 3 nitrogen and oxygen atoms in total. The highest BCUT2D eigenvalue weighted by Gasteiger charge is 2.27. The number of alkyl halides is 3. The summed E-state index contributed by atoms with van der Waals surface area (Å²) in [5, 5.41) is 4.19. The van der Waals surface area contributed by atoms with Gasteiger partial charge in [-0.1, -0.05) is 13.8 Å². The Morgan fingerprint density at radius 1 is 1.29 bits per heavy atom. The summed E-state index contributed by atoms with van der Waals surface area (Å²) < 4.78 is 35.0. The maximum absolute atomic E-state index is 11.7. The van der Waals surface area contributed by atoms with Crippen molar-refractivity contribution in [2.45, 2.75) is 38.9 Å². The van der Waals surface area contributed by atoms with Gasteiger partial charge in [-0.2, -0.15) is 13.2 Å². The Kier molecular flexibility index (Phi) is 5.34. The largest absolute Gasteiger partial charge is 0.405 e. The van der Waals surface area contributed by atoms with Crippen LogP contribution >= 0.6 is 0 Å². The molecule has 84 valence electrons. The summed E-state index contributed by atoms with van der Waals surface area (Å²) in [6.45, 7) is 2.43. The van der Waals surface area contributed by atoms with E-state index in [9.17, 15) is 18.0 Å². The normalized spacial score (nSPS) is 11.6. The quantitative estimate of drug-likeness (QED) is 0.735. The van der Waals surface area contributed by atoms with Crippen molar-refractivity contribution in [3.05, 3.63) is 0 Å². The highest BCUT2D eigenvalue weighted by Crippen LogP contribution is 2.11. The SMILES string of the molecule is CCC(CC)NC(=O)NCC(F)(F)F. The van der Waals surface area contributed by atoms with Crippen molar-refractivity contribution in [2.24, 2.45) is 0 Å². The summed E-state index contributed by atoms with van der Waals surface area (Å²) in [6.07, 6.45) is -2.95. The van der Waals surface area contributed by atoms with E-state index in [1.165, 1.54) is 0 Å². The van der Waals surface area contributed by atoms with E-state index in [1.54, 1.807) is 5.32 Å². The Morgan fingerprint density at radius 3 is 2.14 bits per heavy atom. The van der Waals surface area contributed by atoms with Crippen LogP contribution in [0.25, 0.3) is 0 Å². The van der Waals surface area contributed by atoms with Crippen LogP contribution in [-0.4, -0.2) is 24.8 Å². The van der Waals surface area contributed by atoms with Crippen LogP contribution in [-0.2, 0) is 0 Å². The second-order valence-electron chi connectivity index (χ2n) is 2.96. The zero-order chi connectivity index (χ0) is 11.2. The number of nitrogens with one attached hydrogen (secondary N) is 2. The first kappa shape index (κ1) is 13.1. The Morgan fingerprint density at radius 2 is 1.79 bits per heavy atom. The fraction of sp³-hybridized carbons (Fsp3) is 0.875. The fourth-order valence-corrected chi connectivity index (χ4v) is 0.910. The molecular weight excluding hydrogens is 197 g/mol. The van der Waals surface area contributed by atoms with Crippen LogP contribution in [0, 0.1) is 0 Å². The lowest BCUT2D eigenvalue weighted by atomic mass is 10.2. The van der Waals surface area contributed by atoms with Crippen molar-refractivity contribution in [3.63, 3.8) is 0 Å². The molecule has 0 heterocycles. The number of carbonyl (C=O) groups is 1. The molecule has 0 unspecified atom stereocenters. The summed E-state index contributed by atoms with van der Waals surface area (Å²) in [4.78, 5) is 10.9. The number of carbonyl (C=O) groups excluding carboxylic acids is 1. The van der Waals surface area contributed by atoms with Gasteiger partial charge in [0.15, 0.2) is 0 Å². The van der Waals surface area contributed by atoms with Gasteiger partial charge in [0.25, 0.3) is 0 Å². The number of halogens is 3. The van der Waals surface area contributed by atoms with E-state index in [1.807, 2.05) is 13.8 Å². The van der Waals surface area contributed by atoms with Crippen molar-refractivity contribution in [1.29, 1.82) is 0 Å². The van der Waals surface area contributed by atoms with Gasteiger partial charge < -0.3 is 10.6 Å². The van der Waals surface area contributed by atoms with Crippen LogP contribution in [0.2, 0.25) is 0 Å². The third-order valence-corrected chi connectivity index (χ3v) is 1.77. The van der Waals surface area contributed by atoms with Gasteiger partial charge in [-0.15, -0.1) is 0 Å². The molecule has 2 amide bonds. The molecule has 0 aliphatic rings. The molecule has 0 radical (unpaired) electrons. The Hall–Kier alpha value is -0.940. The first-order valence-electron chi connectivity index (χ1n) is 4.50. The van der Waals surface area contributed by atoms with E-state index in [4.69, 9.17) is 0 Å². The summed E-state index contributed by atoms with van der Waals surface area (Å²) in [7, 11) is 0. The molecule has 0 aromatic heterocycles. The Bertz CT molecular complexity index is 178. The molecule has 0 saturated heterocycles. The average Bonchev–Trinajstić information content (AvgIpc) is 2.09. The highest BCUT2D eigenvalue weighted by atomic mass is 19.4. The maximum Gasteiger partial charge on any atom is 0.405 e. The zero-order valence-electron chi connectivity index (χ0n) is 8.24. The van der Waals surface area contributed by atoms with Crippen LogP contribution < -0.4 is 10.6 Å². The lowest BCUT2D eigenvalue weighted by molar-refractivity contribution is -0.122. The fourth-order valence-electron chi connectivity index (χ4n) is 0.910. The lowest BCUT2D eigenvalue weighted by Gasteiger charge is -2.15. The van der Waals surface area contributed by atoms with Crippen molar-refractivity contribution in [3.8, 4) is 0 Å². The third kappa shape index (κ3) is 6.56. The van der Waals surface area contributed by atoms with E-state index in [0.717, 1.165) is 0 Å². The van der Waals surface area contributed by atoms with Crippen LogP contribution in [0.5, 0.6) is 0 Å². The van der Waals surface area contributed by atoms with E-state index in [2.05, 4.69) is 5.32 Å². The second kappa shape index (κ2) is 5.72. The van der Waals surface area contributed by atoms with Gasteiger partial charge in [-0.05, 0) is 12.8 Å². The van der Waals surface area contributed by atoms with Crippen molar-refractivity contribution in [2.75, 3.05) is 6.54 Å². The summed E-state index contributed by atoms with van der Waals surface area (Å²) in [5.74, 6) is 0. The van der Waals surface area contributed by atoms with Crippen LogP contribution in [0.15, 0.2) is 0 Å². The topological polar surface area (TPSA) is 41.1 Å². The molecule has 0 fully saturated rings. The monoisotopic (exact) mass is 212 g/mol. The summed E-state index contributed by atoms with van der Waals surface area (Å²) in [6, 6.07) is -0.834. The van der Waals surface area contributed by atoms with Gasteiger partial charge in [0, 0.05) is 6.04 Å². The Balaban J connectivity index is 3.75. The number of amides is 2. The molecule has 0 atom stereocenters. The molecule has 0 spiro atoms. The maximum atomic E-state index is 11.7. The minimum absolute atomic E-state index is 0.0665. The highest BCUT2D eigenvalue weighted by molar-refractivity contribution is 5.74. The summed E-state index contributed by atoms with van der Waals surface area (Å²) >= 11 is 0. The van der Waals surface area contributed by atoms with Gasteiger partial charge in [0.1, 0.15) is 6.54 Å². The van der Waals surface area contributed by atoms with E-state index >= 15 is 0 Å². The number of hydrogen-bond donors (Lipinski definition) is 2. The van der Waals surface area contributed by atoms with E-state index in [-0.39, 0.29) is 6.04 Å². The van der Waals surface area contributed by atoms with Crippen LogP contribution in [0.4, 0.5) is 18.0 Å². The van der Waals surface area contributed by atoms with Gasteiger partial charge in [-0.3, -0.25) is 0 Å². The molecule has 14 heavy (non-hydrogen) atoms. The van der Waals surface area contributed by atoms with E-state index < -0.39 is 18.8 Å². The number of rotatable bonds is 4. The van der Waals surface area contributed by atoms with Crippen LogP contribution in [0.3, 0.4) is 0 Å². The molecule has 0 aromatic rings. The van der Waals surface area contributed by atoms with Gasteiger partial charge in [0.2, 0.25) is 0 Å². The van der Waals surface area contributed by atoms with Crippen molar-refractivity contribution >= 4 is 6.03 Å². The third-order valence-electron chi connectivity index (χ3n) is 1.77. The first-order chi connectivity index (χ1) is 6.39. The molecule has 2 N–H and O–H groups in total. The molecule has 0 rings (SSSR count). The average molecular weight is 212 g/mol. The van der Waals surface area contributed by atoms with Crippen LogP contribution in [0.1, 0.15) is 26.7 Å². The molecule has 0 aliphatic heterocycles.